The number of nitrogens with one attached hydrogen (secondary N) is 1. The average Bonchev–Trinajstić information content (AvgIpc) is 3.41. The summed E-state index contributed by atoms with van der Waals surface area (Å²) >= 11 is 0. The quantitative estimate of drug-likeness (QED) is 0.389. The van der Waals surface area contributed by atoms with Gasteiger partial charge in [0.25, 0.3) is 5.91 Å². The highest BCUT2D eigenvalue weighted by Gasteiger charge is 2.23. The minimum absolute atomic E-state index is 0.0726. The number of hydrogen-bond acceptors (Lipinski definition) is 6. The Morgan fingerprint density at radius 1 is 1.16 bits per heavy atom. The Morgan fingerprint density at radius 2 is 2.00 bits per heavy atom. The molecule has 0 fully saturated rings. The van der Waals surface area contributed by atoms with Crippen molar-refractivity contribution in [1.82, 2.24) is 19.7 Å². The predicted molar refractivity (Wildman–Crippen MR) is 122 cm³/mol. The maximum atomic E-state index is 11.9. The normalized spacial score (nSPS) is 12.8. The van der Waals surface area contributed by atoms with Crippen LogP contribution in [0.4, 0.5) is 5.69 Å². The number of carbonyl (C=O) groups excluding carboxylic acids is 1. The average molecular weight is 428 g/mol. The minimum atomic E-state index is -0.670. The molecule has 3 heterocycles. The van der Waals surface area contributed by atoms with Gasteiger partial charge >= 0.3 is 0 Å². The number of amides is 1. The molecule has 162 valence electrons. The van der Waals surface area contributed by atoms with Crippen molar-refractivity contribution in [1.29, 1.82) is 0 Å². The second-order valence-corrected chi connectivity index (χ2v) is 7.93. The van der Waals surface area contributed by atoms with Crippen molar-refractivity contribution in [2.75, 3.05) is 11.9 Å². The van der Waals surface area contributed by atoms with Gasteiger partial charge in [-0.2, -0.15) is 9.78 Å². The number of benzene rings is 1. The number of nitrogens with two attached hydrogens (primary N) is 1. The molecule has 1 aliphatic carbocycles. The van der Waals surface area contributed by atoms with Crippen LogP contribution in [0.25, 0.3) is 16.7 Å². The van der Waals surface area contributed by atoms with E-state index >= 15 is 0 Å². The Hall–Kier alpha value is -3.94. The van der Waals surface area contributed by atoms with Gasteiger partial charge in [0.1, 0.15) is 0 Å². The lowest BCUT2D eigenvalue weighted by atomic mass is 10.1. The summed E-state index contributed by atoms with van der Waals surface area (Å²) in [5.74, 6) is -0.348. The van der Waals surface area contributed by atoms with Crippen molar-refractivity contribution in [2.24, 2.45) is 5.73 Å². The molecule has 0 spiro atoms. The van der Waals surface area contributed by atoms with Crippen molar-refractivity contribution in [3.63, 3.8) is 0 Å². The molecule has 1 amide bonds. The summed E-state index contributed by atoms with van der Waals surface area (Å²) in [5.41, 5.74) is 10.7. The molecule has 32 heavy (non-hydrogen) atoms. The van der Waals surface area contributed by atoms with Crippen LogP contribution in [-0.4, -0.2) is 37.3 Å². The van der Waals surface area contributed by atoms with Crippen LogP contribution in [0, 0.1) is 0 Å². The molecule has 5 rings (SSSR count). The van der Waals surface area contributed by atoms with E-state index in [1.807, 2.05) is 18.2 Å². The van der Waals surface area contributed by atoms with Gasteiger partial charge in [0.15, 0.2) is 11.5 Å². The largest absolute Gasteiger partial charge is 0.493 e. The van der Waals surface area contributed by atoms with Crippen molar-refractivity contribution in [3.05, 3.63) is 71.2 Å². The van der Waals surface area contributed by atoms with Crippen molar-refractivity contribution in [2.45, 2.75) is 32.1 Å². The SMILES string of the molecule is NC(=O)c1nn(-c2ccccn2)c(O)c1CCCNc1c2c(nc3ccccc13)CCC2. The third-order valence-electron chi connectivity index (χ3n) is 5.88. The Balaban J connectivity index is 1.36. The smallest absolute Gasteiger partial charge is 0.269 e. The lowest BCUT2D eigenvalue weighted by Crippen LogP contribution is -2.15. The molecule has 0 bridgehead atoms. The predicted octanol–water partition coefficient (Wildman–Crippen LogP) is 3.15. The lowest BCUT2D eigenvalue weighted by molar-refractivity contribution is 0.0994. The zero-order chi connectivity index (χ0) is 22.1. The summed E-state index contributed by atoms with van der Waals surface area (Å²) in [6.07, 6.45) is 5.90. The summed E-state index contributed by atoms with van der Waals surface area (Å²) < 4.78 is 1.26. The third kappa shape index (κ3) is 3.53. The Morgan fingerprint density at radius 3 is 2.81 bits per heavy atom. The van der Waals surface area contributed by atoms with E-state index in [0.29, 0.717) is 30.8 Å². The lowest BCUT2D eigenvalue weighted by Gasteiger charge is -2.14. The molecule has 8 nitrogen and oxygen atoms in total. The first-order valence-corrected chi connectivity index (χ1v) is 10.8. The van der Waals surface area contributed by atoms with Crippen LogP contribution in [0.5, 0.6) is 5.88 Å². The molecular formula is C24H24N6O2. The fourth-order valence-electron chi connectivity index (χ4n) is 4.40. The number of fused-ring (bicyclic) bond motifs is 2. The number of hydrogen-bond donors (Lipinski definition) is 3. The zero-order valence-electron chi connectivity index (χ0n) is 17.6. The van der Waals surface area contributed by atoms with E-state index in [-0.39, 0.29) is 11.6 Å². The number of rotatable bonds is 7. The first-order valence-electron chi connectivity index (χ1n) is 10.8. The molecule has 4 aromatic rings. The third-order valence-corrected chi connectivity index (χ3v) is 5.88. The first kappa shape index (κ1) is 20.0. The van der Waals surface area contributed by atoms with Gasteiger partial charge in [0, 0.05) is 35.1 Å². The molecule has 0 aliphatic heterocycles. The Kier molecular flexibility index (Phi) is 5.18. The molecule has 0 unspecified atom stereocenters. The summed E-state index contributed by atoms with van der Waals surface area (Å²) in [7, 11) is 0. The second-order valence-electron chi connectivity index (χ2n) is 7.93. The van der Waals surface area contributed by atoms with Gasteiger partial charge in [-0.1, -0.05) is 24.3 Å². The van der Waals surface area contributed by atoms with Crippen LogP contribution in [-0.2, 0) is 19.3 Å². The highest BCUT2D eigenvalue weighted by atomic mass is 16.3. The molecular weight excluding hydrogens is 404 g/mol. The zero-order valence-corrected chi connectivity index (χ0v) is 17.6. The van der Waals surface area contributed by atoms with Crippen LogP contribution >= 0.6 is 0 Å². The fraction of sp³-hybridized carbons (Fsp3) is 0.250. The van der Waals surface area contributed by atoms with E-state index in [2.05, 4.69) is 21.5 Å². The maximum absolute atomic E-state index is 11.9. The number of para-hydroxylation sites is 1. The Bertz CT molecular complexity index is 1300. The van der Waals surface area contributed by atoms with E-state index in [0.717, 1.165) is 35.9 Å². The summed E-state index contributed by atoms with van der Waals surface area (Å²) in [6, 6.07) is 13.4. The number of nitrogens with zero attached hydrogens (tertiary/aromatic N) is 4. The molecule has 0 saturated carbocycles. The standard InChI is InChI=1S/C24H24N6O2/c25-23(31)22-17(24(32)30(29-22)20-12-3-4-13-26-20)9-6-14-27-21-15-7-1-2-10-18(15)28-19-11-5-8-16(19)21/h1-4,7,10,12-13,32H,5-6,8-9,11,14H2,(H2,25,31)(H,27,28). The van der Waals surface area contributed by atoms with Crippen LogP contribution < -0.4 is 11.1 Å². The first-order chi connectivity index (χ1) is 15.6. The molecule has 4 N–H and O–H groups in total. The van der Waals surface area contributed by atoms with Gasteiger partial charge in [0.05, 0.1) is 5.52 Å². The number of aromatic hydroxyl groups is 1. The van der Waals surface area contributed by atoms with Crippen molar-refractivity contribution < 1.29 is 9.90 Å². The van der Waals surface area contributed by atoms with Gasteiger partial charge in [-0.3, -0.25) is 9.78 Å². The van der Waals surface area contributed by atoms with Crippen molar-refractivity contribution in [3.8, 4) is 11.7 Å². The minimum Gasteiger partial charge on any atom is -0.493 e. The molecule has 3 aromatic heterocycles. The van der Waals surface area contributed by atoms with E-state index in [1.165, 1.54) is 15.9 Å². The van der Waals surface area contributed by atoms with Gasteiger partial charge < -0.3 is 16.2 Å². The topological polar surface area (TPSA) is 119 Å². The number of aromatic nitrogens is 4. The van der Waals surface area contributed by atoms with Gasteiger partial charge in [-0.15, -0.1) is 0 Å². The molecule has 1 aromatic carbocycles. The van der Waals surface area contributed by atoms with Crippen molar-refractivity contribution >= 4 is 22.5 Å². The molecule has 0 atom stereocenters. The van der Waals surface area contributed by atoms with Crippen LogP contribution in [0.15, 0.2) is 48.7 Å². The number of primary amides is 1. The molecule has 1 aliphatic rings. The van der Waals surface area contributed by atoms with Crippen LogP contribution in [0.1, 0.15) is 40.2 Å². The van der Waals surface area contributed by atoms with E-state index in [1.54, 1.807) is 24.4 Å². The van der Waals surface area contributed by atoms with E-state index in [4.69, 9.17) is 10.7 Å². The fourth-order valence-corrected chi connectivity index (χ4v) is 4.40. The number of pyridine rings is 2. The summed E-state index contributed by atoms with van der Waals surface area (Å²) in [4.78, 5) is 21.0. The Labute approximate surface area is 185 Å². The maximum Gasteiger partial charge on any atom is 0.269 e. The number of anilines is 1. The number of aryl methyl sites for hydroxylation is 1. The summed E-state index contributed by atoms with van der Waals surface area (Å²) in [6.45, 7) is 0.673. The van der Waals surface area contributed by atoms with Gasteiger partial charge in [-0.25, -0.2) is 4.98 Å². The highest BCUT2D eigenvalue weighted by molar-refractivity contribution is 5.94. The highest BCUT2D eigenvalue weighted by Crippen LogP contribution is 2.34. The summed E-state index contributed by atoms with van der Waals surface area (Å²) in [5, 5.41) is 19.6. The van der Waals surface area contributed by atoms with Gasteiger partial charge in [0.2, 0.25) is 5.88 Å². The van der Waals surface area contributed by atoms with E-state index < -0.39 is 5.91 Å². The molecule has 8 heteroatoms. The van der Waals surface area contributed by atoms with Gasteiger partial charge in [-0.05, 0) is 55.9 Å². The molecule has 0 radical (unpaired) electrons. The number of carbonyl (C=O) groups is 1. The van der Waals surface area contributed by atoms with Crippen LogP contribution in [0.3, 0.4) is 0 Å². The monoisotopic (exact) mass is 428 g/mol. The van der Waals surface area contributed by atoms with Crippen LogP contribution in [0.2, 0.25) is 0 Å². The molecule has 0 saturated heterocycles. The second kappa shape index (κ2) is 8.30. The van der Waals surface area contributed by atoms with E-state index in [9.17, 15) is 9.90 Å².